The standard InChI is InChI=1S/C24H26N6O2/c1-15(31)29-11-8-17(13-29)22-27-20-9-12-30(14-19(20)23(25-2)28-22)24(32)18-7-3-5-16-6-4-10-26-21(16)18/h3-7,10,17H,8-9,11-14H2,1-2H3,(H,25,27,28)/t17-/m0/s1. The van der Waals surface area contributed by atoms with Gasteiger partial charge in [0.05, 0.1) is 23.3 Å². The van der Waals surface area contributed by atoms with E-state index in [9.17, 15) is 9.59 Å². The molecule has 2 aliphatic rings. The third kappa shape index (κ3) is 3.55. The molecular formula is C24H26N6O2. The van der Waals surface area contributed by atoms with E-state index in [4.69, 9.17) is 9.97 Å². The maximum absolute atomic E-state index is 13.4. The number of fused-ring (bicyclic) bond motifs is 2. The van der Waals surface area contributed by atoms with E-state index in [2.05, 4.69) is 10.3 Å². The summed E-state index contributed by atoms with van der Waals surface area (Å²) in [6, 6.07) is 9.55. The number of hydrogen-bond donors (Lipinski definition) is 1. The Bertz CT molecular complexity index is 1190. The molecule has 1 atom stereocenters. The quantitative estimate of drug-likeness (QED) is 0.687. The van der Waals surface area contributed by atoms with Crippen LogP contribution >= 0.6 is 0 Å². The van der Waals surface area contributed by atoms with E-state index in [0.717, 1.165) is 46.8 Å². The van der Waals surface area contributed by atoms with Crippen LogP contribution < -0.4 is 5.32 Å². The summed E-state index contributed by atoms with van der Waals surface area (Å²) in [5.41, 5.74) is 3.29. The fraction of sp³-hybridized carbons (Fsp3) is 0.375. The van der Waals surface area contributed by atoms with Crippen LogP contribution in [0, 0.1) is 0 Å². The van der Waals surface area contributed by atoms with Crippen LogP contribution in [0.3, 0.4) is 0 Å². The SMILES string of the molecule is CNc1nc([C@H]2CCN(C(C)=O)C2)nc2c1CN(C(=O)c1cccc3cccnc13)CC2. The van der Waals surface area contributed by atoms with Crippen molar-refractivity contribution in [3.8, 4) is 0 Å². The van der Waals surface area contributed by atoms with E-state index in [1.165, 1.54) is 0 Å². The zero-order valence-corrected chi connectivity index (χ0v) is 18.3. The number of nitrogens with one attached hydrogen (secondary N) is 1. The lowest BCUT2D eigenvalue weighted by Gasteiger charge is -2.30. The number of rotatable bonds is 3. The molecule has 2 aliphatic heterocycles. The summed E-state index contributed by atoms with van der Waals surface area (Å²) in [5.74, 6) is 1.77. The van der Waals surface area contributed by atoms with Gasteiger partial charge in [0.25, 0.3) is 5.91 Å². The van der Waals surface area contributed by atoms with Crippen molar-refractivity contribution in [3.63, 3.8) is 0 Å². The van der Waals surface area contributed by atoms with E-state index in [1.807, 2.05) is 47.2 Å². The van der Waals surface area contributed by atoms with E-state index in [1.54, 1.807) is 13.1 Å². The van der Waals surface area contributed by atoms with Crippen LogP contribution in [0.15, 0.2) is 36.5 Å². The van der Waals surface area contributed by atoms with Gasteiger partial charge in [-0.2, -0.15) is 0 Å². The van der Waals surface area contributed by atoms with Gasteiger partial charge in [-0.25, -0.2) is 9.97 Å². The van der Waals surface area contributed by atoms with Crippen LogP contribution in [0.1, 0.15) is 46.7 Å². The van der Waals surface area contributed by atoms with Crippen LogP contribution in [-0.2, 0) is 17.8 Å². The van der Waals surface area contributed by atoms with Crippen molar-refractivity contribution in [1.82, 2.24) is 24.8 Å². The average Bonchev–Trinajstić information content (AvgIpc) is 3.33. The first-order chi connectivity index (χ1) is 15.5. The molecular weight excluding hydrogens is 404 g/mol. The smallest absolute Gasteiger partial charge is 0.256 e. The van der Waals surface area contributed by atoms with E-state index >= 15 is 0 Å². The molecule has 0 saturated carbocycles. The Morgan fingerprint density at radius 3 is 2.72 bits per heavy atom. The second-order valence-corrected chi connectivity index (χ2v) is 8.41. The second kappa shape index (κ2) is 8.18. The van der Waals surface area contributed by atoms with Crippen LogP contribution in [0.5, 0.6) is 0 Å². The second-order valence-electron chi connectivity index (χ2n) is 8.41. The van der Waals surface area contributed by atoms with Crippen molar-refractivity contribution in [1.29, 1.82) is 0 Å². The first-order valence-electron chi connectivity index (χ1n) is 11.0. The molecule has 3 aromatic rings. The molecule has 0 spiro atoms. The molecule has 2 aromatic heterocycles. The van der Waals surface area contributed by atoms with Gasteiger partial charge >= 0.3 is 0 Å². The van der Waals surface area contributed by atoms with Crippen LogP contribution in [-0.4, -0.2) is 63.2 Å². The summed E-state index contributed by atoms with van der Waals surface area (Å²) in [6.07, 6.45) is 3.27. The molecule has 1 fully saturated rings. The molecule has 1 saturated heterocycles. The third-order valence-corrected chi connectivity index (χ3v) is 6.46. The topological polar surface area (TPSA) is 91.3 Å². The Balaban J connectivity index is 1.42. The molecule has 1 N–H and O–H groups in total. The maximum atomic E-state index is 13.4. The molecule has 4 heterocycles. The minimum Gasteiger partial charge on any atom is -0.373 e. The van der Waals surface area contributed by atoms with Gasteiger partial charge in [0, 0.05) is 63.1 Å². The normalized spacial score (nSPS) is 18.0. The molecule has 0 bridgehead atoms. The molecule has 0 aliphatic carbocycles. The number of anilines is 1. The molecule has 2 amide bonds. The number of carbonyl (C=O) groups is 2. The van der Waals surface area contributed by atoms with E-state index in [0.29, 0.717) is 31.6 Å². The number of carbonyl (C=O) groups excluding carboxylic acids is 2. The highest BCUT2D eigenvalue weighted by Gasteiger charge is 2.31. The lowest BCUT2D eigenvalue weighted by atomic mass is 10.0. The molecule has 8 heteroatoms. The van der Waals surface area contributed by atoms with Crippen molar-refractivity contribution in [2.24, 2.45) is 0 Å². The summed E-state index contributed by atoms with van der Waals surface area (Å²) in [5, 5.41) is 4.15. The van der Waals surface area contributed by atoms with Gasteiger partial charge in [-0.1, -0.05) is 18.2 Å². The van der Waals surface area contributed by atoms with Crippen molar-refractivity contribution >= 4 is 28.5 Å². The molecule has 164 valence electrons. The number of likely N-dealkylation sites (tertiary alicyclic amines) is 1. The molecule has 8 nitrogen and oxygen atoms in total. The maximum Gasteiger partial charge on any atom is 0.256 e. The number of para-hydroxylation sites is 1. The number of benzene rings is 1. The van der Waals surface area contributed by atoms with Crippen LogP contribution in [0.4, 0.5) is 5.82 Å². The zero-order valence-electron chi connectivity index (χ0n) is 18.3. The average molecular weight is 431 g/mol. The molecule has 0 unspecified atom stereocenters. The van der Waals surface area contributed by atoms with Crippen LogP contribution in [0.25, 0.3) is 10.9 Å². The molecule has 0 radical (unpaired) electrons. The predicted molar refractivity (Wildman–Crippen MR) is 121 cm³/mol. The van der Waals surface area contributed by atoms with E-state index < -0.39 is 0 Å². The van der Waals surface area contributed by atoms with E-state index in [-0.39, 0.29) is 17.7 Å². The van der Waals surface area contributed by atoms with Gasteiger partial charge in [0.2, 0.25) is 5.91 Å². The van der Waals surface area contributed by atoms with Gasteiger partial charge in [0.1, 0.15) is 11.6 Å². The third-order valence-electron chi connectivity index (χ3n) is 6.46. The molecule has 1 aromatic carbocycles. The highest BCUT2D eigenvalue weighted by Crippen LogP contribution is 2.31. The van der Waals surface area contributed by atoms with Crippen LogP contribution in [0.2, 0.25) is 0 Å². The highest BCUT2D eigenvalue weighted by molar-refractivity contribution is 6.05. The number of aromatic nitrogens is 3. The van der Waals surface area contributed by atoms with Crippen molar-refractivity contribution in [3.05, 3.63) is 59.2 Å². The Labute approximate surface area is 186 Å². The number of pyridine rings is 1. The summed E-state index contributed by atoms with van der Waals surface area (Å²) in [7, 11) is 1.85. The predicted octanol–water partition coefficient (Wildman–Crippen LogP) is 2.60. The number of hydrogen-bond acceptors (Lipinski definition) is 6. The Morgan fingerprint density at radius 1 is 1.09 bits per heavy atom. The Hall–Kier alpha value is -3.55. The van der Waals surface area contributed by atoms with Gasteiger partial charge in [-0.15, -0.1) is 0 Å². The fourth-order valence-electron chi connectivity index (χ4n) is 4.70. The summed E-state index contributed by atoms with van der Waals surface area (Å²) in [4.78, 5) is 42.9. The van der Waals surface area contributed by atoms with Gasteiger partial charge in [-0.3, -0.25) is 14.6 Å². The van der Waals surface area contributed by atoms with Crippen molar-refractivity contribution in [2.75, 3.05) is 32.0 Å². The van der Waals surface area contributed by atoms with Gasteiger partial charge in [-0.05, 0) is 18.6 Å². The highest BCUT2D eigenvalue weighted by atomic mass is 16.2. The largest absolute Gasteiger partial charge is 0.373 e. The minimum absolute atomic E-state index is 0.0287. The summed E-state index contributed by atoms with van der Waals surface area (Å²) < 4.78 is 0. The summed E-state index contributed by atoms with van der Waals surface area (Å²) >= 11 is 0. The Morgan fingerprint density at radius 2 is 1.94 bits per heavy atom. The number of nitrogens with zero attached hydrogens (tertiary/aromatic N) is 5. The Kier molecular flexibility index (Phi) is 5.20. The lowest BCUT2D eigenvalue weighted by Crippen LogP contribution is -2.37. The molecule has 5 rings (SSSR count). The summed E-state index contributed by atoms with van der Waals surface area (Å²) in [6.45, 7) is 4.07. The van der Waals surface area contributed by atoms with Crippen molar-refractivity contribution < 1.29 is 9.59 Å². The lowest BCUT2D eigenvalue weighted by molar-refractivity contribution is -0.127. The molecule has 32 heavy (non-hydrogen) atoms. The van der Waals surface area contributed by atoms with Gasteiger partial charge in [0.15, 0.2) is 0 Å². The monoisotopic (exact) mass is 430 g/mol. The minimum atomic E-state index is -0.0287. The first-order valence-corrected chi connectivity index (χ1v) is 11.0. The fourth-order valence-corrected chi connectivity index (χ4v) is 4.70. The van der Waals surface area contributed by atoms with Crippen molar-refractivity contribution in [2.45, 2.75) is 32.2 Å². The zero-order chi connectivity index (χ0) is 22.2. The first kappa shape index (κ1) is 20.4. The number of amides is 2. The van der Waals surface area contributed by atoms with Gasteiger partial charge < -0.3 is 15.1 Å².